The zero-order chi connectivity index (χ0) is 9.14. The fourth-order valence-corrected chi connectivity index (χ4v) is 1.65. The maximum Gasteiger partial charge on any atom is 0.333 e. The van der Waals surface area contributed by atoms with Crippen molar-refractivity contribution >= 4 is 11.8 Å². The summed E-state index contributed by atoms with van der Waals surface area (Å²) in [5, 5.41) is 13.7. The van der Waals surface area contributed by atoms with E-state index in [1.165, 1.54) is 0 Å². The molecule has 0 atom stereocenters. The van der Waals surface area contributed by atoms with Crippen LogP contribution in [0.3, 0.4) is 0 Å². The topological polar surface area (TPSA) is 50.9 Å². The lowest BCUT2D eigenvalue weighted by Gasteiger charge is -2.06. The number of hydrogen-bond acceptors (Lipinski definition) is 4. The lowest BCUT2D eigenvalue weighted by molar-refractivity contribution is 0.413. The molecule has 0 aliphatic rings. The van der Waals surface area contributed by atoms with E-state index in [4.69, 9.17) is 5.11 Å². The predicted molar refractivity (Wildman–Crippen MR) is 48.5 cm³/mol. The molecule has 0 unspecified atom stereocenters. The number of nitrogens with zero attached hydrogens (tertiary/aromatic N) is 3. The van der Waals surface area contributed by atoms with Crippen molar-refractivity contribution in [1.82, 2.24) is 14.8 Å². The first-order chi connectivity index (χ1) is 5.65. The van der Waals surface area contributed by atoms with E-state index in [1.807, 2.05) is 20.8 Å². The molecule has 0 spiro atoms. The summed E-state index contributed by atoms with van der Waals surface area (Å²) in [5.74, 6) is 0.935. The van der Waals surface area contributed by atoms with Gasteiger partial charge in [-0.3, -0.25) is 0 Å². The average molecular weight is 187 g/mol. The largest absolute Gasteiger partial charge is 0.478 e. The molecule has 4 nitrogen and oxygen atoms in total. The Hall–Kier alpha value is -0.710. The van der Waals surface area contributed by atoms with Crippen LogP contribution in [0.25, 0.3) is 0 Å². The molecule has 5 heteroatoms. The van der Waals surface area contributed by atoms with E-state index < -0.39 is 0 Å². The van der Waals surface area contributed by atoms with E-state index in [-0.39, 0.29) is 12.1 Å². The molecule has 68 valence electrons. The Morgan fingerprint density at radius 2 is 2.25 bits per heavy atom. The third-order valence-electron chi connectivity index (χ3n) is 1.35. The Morgan fingerprint density at radius 1 is 1.58 bits per heavy atom. The fraction of sp³-hybridized carbons (Fsp3) is 0.714. The molecule has 0 saturated heterocycles. The van der Waals surface area contributed by atoms with Gasteiger partial charge in [-0.2, -0.15) is 4.98 Å². The molecular weight excluding hydrogens is 174 g/mol. The number of hydrogen-bond donors (Lipinski definition) is 1. The standard InChI is InChI=1S/C7H13N3OS/c1-4-12-7-8-6(11)9-10(7)5(2)3/h5H,4H2,1-3H3,(H,9,11). The summed E-state index contributed by atoms with van der Waals surface area (Å²) >= 11 is 1.58. The summed E-state index contributed by atoms with van der Waals surface area (Å²) in [7, 11) is 0. The number of rotatable bonds is 3. The molecule has 0 bridgehead atoms. The van der Waals surface area contributed by atoms with Crippen LogP contribution in [0, 0.1) is 0 Å². The van der Waals surface area contributed by atoms with Gasteiger partial charge in [0.05, 0.1) is 0 Å². The lowest BCUT2D eigenvalue weighted by atomic mass is 10.4. The molecule has 0 radical (unpaired) electrons. The summed E-state index contributed by atoms with van der Waals surface area (Å²) < 4.78 is 1.73. The van der Waals surface area contributed by atoms with E-state index in [1.54, 1.807) is 16.4 Å². The zero-order valence-corrected chi connectivity index (χ0v) is 8.30. The van der Waals surface area contributed by atoms with Crippen molar-refractivity contribution in [1.29, 1.82) is 0 Å². The van der Waals surface area contributed by atoms with Gasteiger partial charge in [0.25, 0.3) is 0 Å². The van der Waals surface area contributed by atoms with Gasteiger partial charge in [-0.05, 0) is 19.6 Å². The molecule has 0 fully saturated rings. The molecule has 1 N–H and O–H groups in total. The van der Waals surface area contributed by atoms with Crippen LogP contribution < -0.4 is 0 Å². The van der Waals surface area contributed by atoms with Crippen LogP contribution >= 0.6 is 11.8 Å². The average Bonchev–Trinajstić information content (AvgIpc) is 2.32. The molecule has 0 saturated carbocycles. The van der Waals surface area contributed by atoms with Crippen LogP contribution in [0.15, 0.2) is 5.16 Å². The Balaban J connectivity index is 2.92. The summed E-state index contributed by atoms with van der Waals surface area (Å²) in [6.45, 7) is 6.06. The summed E-state index contributed by atoms with van der Waals surface area (Å²) in [4.78, 5) is 3.89. The van der Waals surface area contributed by atoms with Crippen molar-refractivity contribution in [2.75, 3.05) is 5.75 Å². The zero-order valence-electron chi connectivity index (χ0n) is 7.48. The fourth-order valence-electron chi connectivity index (χ4n) is 0.862. The first kappa shape index (κ1) is 9.38. The smallest absolute Gasteiger partial charge is 0.333 e. The molecule has 0 aliphatic carbocycles. The van der Waals surface area contributed by atoms with Crippen molar-refractivity contribution in [2.45, 2.75) is 32.0 Å². The van der Waals surface area contributed by atoms with Gasteiger partial charge in [0.15, 0.2) is 5.16 Å². The van der Waals surface area contributed by atoms with Crippen LogP contribution in [0.2, 0.25) is 0 Å². The Morgan fingerprint density at radius 3 is 2.75 bits per heavy atom. The molecule has 0 aromatic carbocycles. The first-order valence-corrected chi connectivity index (χ1v) is 4.92. The van der Waals surface area contributed by atoms with E-state index >= 15 is 0 Å². The Bertz CT molecular complexity index is 259. The van der Waals surface area contributed by atoms with E-state index in [0.717, 1.165) is 10.9 Å². The summed E-state index contributed by atoms with van der Waals surface area (Å²) in [6, 6.07) is 0.104. The van der Waals surface area contributed by atoms with Gasteiger partial charge < -0.3 is 5.11 Å². The minimum absolute atomic E-state index is 0.139. The predicted octanol–water partition coefficient (Wildman–Crippen LogP) is 1.68. The van der Waals surface area contributed by atoms with E-state index in [0.29, 0.717) is 0 Å². The first-order valence-electron chi connectivity index (χ1n) is 3.93. The van der Waals surface area contributed by atoms with Gasteiger partial charge in [-0.15, -0.1) is 5.10 Å². The van der Waals surface area contributed by atoms with Gasteiger partial charge in [0.2, 0.25) is 0 Å². The monoisotopic (exact) mass is 187 g/mol. The lowest BCUT2D eigenvalue weighted by Crippen LogP contribution is -2.04. The maximum absolute atomic E-state index is 9.05. The second kappa shape index (κ2) is 3.80. The Kier molecular flexibility index (Phi) is 2.97. The quantitative estimate of drug-likeness (QED) is 0.731. The highest BCUT2D eigenvalue weighted by molar-refractivity contribution is 7.99. The second-order valence-electron chi connectivity index (χ2n) is 2.67. The van der Waals surface area contributed by atoms with Gasteiger partial charge in [0, 0.05) is 6.04 Å². The van der Waals surface area contributed by atoms with Crippen LogP contribution in [-0.4, -0.2) is 25.6 Å². The Labute approximate surface area is 76.0 Å². The molecule has 0 aliphatic heterocycles. The molecule has 1 rings (SSSR count). The minimum Gasteiger partial charge on any atom is -0.478 e. The van der Waals surface area contributed by atoms with Gasteiger partial charge in [-0.25, -0.2) is 4.68 Å². The molecular formula is C7H13N3OS. The normalized spacial score (nSPS) is 11.0. The van der Waals surface area contributed by atoms with Crippen LogP contribution in [0.5, 0.6) is 6.01 Å². The summed E-state index contributed by atoms with van der Waals surface area (Å²) in [5.41, 5.74) is 0. The van der Waals surface area contributed by atoms with Crippen molar-refractivity contribution in [3.63, 3.8) is 0 Å². The molecule has 1 aromatic heterocycles. The third kappa shape index (κ3) is 1.91. The number of thioether (sulfide) groups is 1. The molecule has 1 heterocycles. The van der Waals surface area contributed by atoms with Crippen LogP contribution in [-0.2, 0) is 0 Å². The van der Waals surface area contributed by atoms with Gasteiger partial charge in [0.1, 0.15) is 0 Å². The second-order valence-corrected chi connectivity index (χ2v) is 3.90. The third-order valence-corrected chi connectivity index (χ3v) is 2.18. The van der Waals surface area contributed by atoms with Crippen LogP contribution in [0.4, 0.5) is 0 Å². The maximum atomic E-state index is 9.05. The molecule has 1 aromatic rings. The summed E-state index contributed by atoms with van der Waals surface area (Å²) in [6.07, 6.45) is 0. The minimum atomic E-state index is -0.139. The van der Waals surface area contributed by atoms with Crippen molar-refractivity contribution in [2.24, 2.45) is 0 Å². The highest BCUT2D eigenvalue weighted by Crippen LogP contribution is 2.20. The number of aromatic nitrogens is 3. The van der Waals surface area contributed by atoms with Crippen molar-refractivity contribution in [3.05, 3.63) is 0 Å². The van der Waals surface area contributed by atoms with Gasteiger partial charge in [-0.1, -0.05) is 18.7 Å². The van der Waals surface area contributed by atoms with Crippen molar-refractivity contribution < 1.29 is 5.11 Å². The van der Waals surface area contributed by atoms with Gasteiger partial charge >= 0.3 is 6.01 Å². The highest BCUT2D eigenvalue weighted by atomic mass is 32.2. The SMILES string of the molecule is CCSc1nc(O)nn1C(C)C. The molecule has 12 heavy (non-hydrogen) atoms. The molecule has 0 amide bonds. The van der Waals surface area contributed by atoms with E-state index in [2.05, 4.69) is 10.1 Å². The van der Waals surface area contributed by atoms with Crippen molar-refractivity contribution in [3.8, 4) is 6.01 Å². The number of aromatic hydroxyl groups is 1. The highest BCUT2D eigenvalue weighted by Gasteiger charge is 2.10. The van der Waals surface area contributed by atoms with Crippen LogP contribution in [0.1, 0.15) is 26.8 Å². The van der Waals surface area contributed by atoms with E-state index in [9.17, 15) is 0 Å².